The van der Waals surface area contributed by atoms with Crippen LogP contribution >= 0.6 is 11.8 Å². The molecule has 0 saturated carbocycles. The van der Waals surface area contributed by atoms with Crippen molar-refractivity contribution < 1.29 is 19.1 Å². The van der Waals surface area contributed by atoms with E-state index in [1.807, 2.05) is 32.1 Å². The van der Waals surface area contributed by atoms with Gasteiger partial charge in [-0.3, -0.25) is 14.5 Å². The Morgan fingerprint density at radius 2 is 1.90 bits per heavy atom. The average molecular weight is 413 g/mol. The number of thioether (sulfide) groups is 1. The summed E-state index contributed by atoms with van der Waals surface area (Å²) in [5.41, 5.74) is 1.58. The summed E-state index contributed by atoms with van der Waals surface area (Å²) in [6, 6.07) is 7.41. The van der Waals surface area contributed by atoms with E-state index >= 15 is 0 Å². The predicted molar refractivity (Wildman–Crippen MR) is 116 cm³/mol. The van der Waals surface area contributed by atoms with Gasteiger partial charge in [0.1, 0.15) is 14.0 Å². The molecule has 0 aliphatic carbocycles. The number of hydrogen-bond acceptors (Lipinski definition) is 5. The Labute approximate surface area is 175 Å². The predicted octanol–water partition coefficient (Wildman–Crippen LogP) is 1.62. The molecule has 7 nitrogen and oxygen atoms in total. The van der Waals surface area contributed by atoms with Crippen molar-refractivity contribution in [3.05, 3.63) is 35.1 Å². The minimum atomic E-state index is -0.418. The normalized spacial score (nSPS) is 24.5. The number of benzene rings is 1. The number of nitrogens with one attached hydrogen (secondary N) is 1. The molecule has 4 rings (SSSR count). The maximum Gasteiger partial charge on any atom is 0.414 e. The van der Waals surface area contributed by atoms with Gasteiger partial charge in [0, 0.05) is 24.3 Å². The highest BCUT2D eigenvalue weighted by Crippen LogP contribution is 2.30. The molecular formula is C20H24BN3O4S. The molecule has 0 radical (unpaired) electrons. The number of piperidine rings is 1. The van der Waals surface area contributed by atoms with Gasteiger partial charge in [-0.15, -0.1) is 11.8 Å². The van der Waals surface area contributed by atoms with Crippen molar-refractivity contribution in [3.8, 4) is 0 Å². The van der Waals surface area contributed by atoms with E-state index in [4.69, 9.17) is 4.74 Å². The molecule has 0 aromatic heterocycles. The first-order valence-electron chi connectivity index (χ1n) is 10.0. The van der Waals surface area contributed by atoms with Crippen LogP contribution in [0.4, 0.5) is 16.2 Å². The van der Waals surface area contributed by atoms with E-state index in [2.05, 4.69) is 11.4 Å². The van der Waals surface area contributed by atoms with E-state index in [-0.39, 0.29) is 23.2 Å². The van der Waals surface area contributed by atoms with Crippen LogP contribution in [0.1, 0.15) is 25.7 Å². The van der Waals surface area contributed by atoms with Gasteiger partial charge in [-0.1, -0.05) is 10.9 Å². The maximum absolute atomic E-state index is 12.3. The molecule has 3 aliphatic rings. The zero-order valence-corrected chi connectivity index (χ0v) is 17.2. The molecule has 1 unspecified atom stereocenters. The van der Waals surface area contributed by atoms with Crippen molar-refractivity contribution in [2.24, 2.45) is 0 Å². The summed E-state index contributed by atoms with van der Waals surface area (Å²) in [7, 11) is 2.00. The highest BCUT2D eigenvalue weighted by molar-refractivity contribution is 8.05. The van der Waals surface area contributed by atoms with Gasteiger partial charge in [-0.25, -0.2) is 4.79 Å². The van der Waals surface area contributed by atoms with E-state index in [9.17, 15) is 14.4 Å². The fourth-order valence-corrected chi connectivity index (χ4v) is 4.84. The molecule has 1 aromatic carbocycles. The van der Waals surface area contributed by atoms with Crippen LogP contribution in [-0.2, 0) is 14.3 Å². The molecule has 1 aromatic rings. The van der Waals surface area contributed by atoms with Crippen molar-refractivity contribution in [3.63, 3.8) is 0 Å². The van der Waals surface area contributed by atoms with Crippen LogP contribution in [0.2, 0.25) is 0 Å². The van der Waals surface area contributed by atoms with Gasteiger partial charge in [-0.2, -0.15) is 0 Å². The van der Waals surface area contributed by atoms with E-state index in [1.54, 1.807) is 21.6 Å². The molecule has 3 heterocycles. The largest absolute Gasteiger partial charge is 0.442 e. The first kappa shape index (κ1) is 19.9. The van der Waals surface area contributed by atoms with Gasteiger partial charge in [0.15, 0.2) is 0 Å². The summed E-state index contributed by atoms with van der Waals surface area (Å²) in [5, 5.41) is 2.81. The summed E-state index contributed by atoms with van der Waals surface area (Å²) >= 11 is 1.57. The van der Waals surface area contributed by atoms with Crippen molar-refractivity contribution in [1.82, 2.24) is 5.32 Å². The molecule has 3 aliphatic heterocycles. The number of ether oxygens (including phenoxy) is 1. The number of allylic oxidation sites excluding steroid dienone is 1. The minimum Gasteiger partial charge on any atom is -0.442 e. The second kappa shape index (κ2) is 8.53. The monoisotopic (exact) mass is 413 g/mol. The van der Waals surface area contributed by atoms with Crippen LogP contribution in [0.3, 0.4) is 0 Å². The van der Waals surface area contributed by atoms with Crippen molar-refractivity contribution in [2.75, 3.05) is 29.4 Å². The zero-order chi connectivity index (χ0) is 20.4. The minimum absolute atomic E-state index is 0.0202. The van der Waals surface area contributed by atoms with E-state index < -0.39 is 6.09 Å². The van der Waals surface area contributed by atoms with Crippen LogP contribution in [-0.4, -0.2) is 56.7 Å². The Morgan fingerprint density at radius 3 is 2.55 bits per heavy atom. The molecule has 0 bridgehead atoms. The summed E-state index contributed by atoms with van der Waals surface area (Å²) in [6.07, 6.45) is 4.55. The van der Waals surface area contributed by atoms with E-state index in [0.29, 0.717) is 19.5 Å². The number of carbonyl (C=O) groups excluding carboxylic acids is 3. The van der Waals surface area contributed by atoms with E-state index in [0.717, 1.165) is 37.2 Å². The van der Waals surface area contributed by atoms with Gasteiger partial charge in [0.2, 0.25) is 11.8 Å². The SMILES string of the molecule is BC1=CCC(C(=O)NC[C@H]2CN(c3ccc(N4CCCCC4=O)cc3)C(=O)O2)S1. The fourth-order valence-electron chi connectivity index (χ4n) is 3.81. The van der Waals surface area contributed by atoms with Gasteiger partial charge < -0.3 is 15.0 Å². The summed E-state index contributed by atoms with van der Waals surface area (Å²) in [5.74, 6) is 0.124. The summed E-state index contributed by atoms with van der Waals surface area (Å²) in [6.45, 7) is 1.42. The van der Waals surface area contributed by atoms with Crippen LogP contribution < -0.4 is 15.1 Å². The highest BCUT2D eigenvalue weighted by Gasteiger charge is 2.33. The summed E-state index contributed by atoms with van der Waals surface area (Å²) in [4.78, 5) is 41.1. The smallest absolute Gasteiger partial charge is 0.414 e. The number of hydrogen-bond donors (Lipinski definition) is 1. The maximum atomic E-state index is 12.3. The van der Waals surface area contributed by atoms with Crippen LogP contribution in [0.15, 0.2) is 35.1 Å². The molecule has 3 amide bonds. The number of rotatable bonds is 5. The number of carbonyl (C=O) groups is 3. The Kier molecular flexibility index (Phi) is 5.85. The van der Waals surface area contributed by atoms with Crippen molar-refractivity contribution >= 4 is 48.9 Å². The van der Waals surface area contributed by atoms with Gasteiger partial charge in [0.25, 0.3) is 0 Å². The lowest BCUT2D eigenvalue weighted by molar-refractivity contribution is -0.121. The third kappa shape index (κ3) is 4.44. The lowest BCUT2D eigenvalue weighted by Crippen LogP contribution is -2.38. The topological polar surface area (TPSA) is 79.0 Å². The molecule has 29 heavy (non-hydrogen) atoms. The molecule has 1 N–H and O–H groups in total. The lowest BCUT2D eigenvalue weighted by Gasteiger charge is -2.27. The number of cyclic esters (lactones) is 1. The quantitative estimate of drug-likeness (QED) is 0.743. The lowest BCUT2D eigenvalue weighted by atomic mass is 10.1. The van der Waals surface area contributed by atoms with Gasteiger partial charge in [0.05, 0.1) is 18.3 Å². The first-order valence-corrected chi connectivity index (χ1v) is 10.9. The third-order valence-corrected chi connectivity index (χ3v) is 6.64. The molecular weight excluding hydrogens is 389 g/mol. The van der Waals surface area contributed by atoms with Crippen molar-refractivity contribution in [2.45, 2.75) is 37.0 Å². The average Bonchev–Trinajstić information content (AvgIpc) is 3.32. The molecule has 152 valence electrons. The fraction of sp³-hybridized carbons (Fsp3) is 0.450. The zero-order valence-electron chi connectivity index (χ0n) is 16.4. The van der Waals surface area contributed by atoms with Crippen molar-refractivity contribution in [1.29, 1.82) is 0 Å². The van der Waals surface area contributed by atoms with Crippen LogP contribution in [0, 0.1) is 0 Å². The number of amides is 3. The van der Waals surface area contributed by atoms with Gasteiger partial charge >= 0.3 is 6.09 Å². The molecule has 2 atom stereocenters. The molecule has 9 heteroatoms. The second-order valence-corrected chi connectivity index (χ2v) is 8.99. The van der Waals surface area contributed by atoms with Gasteiger partial charge in [-0.05, 0) is 43.5 Å². The number of nitrogens with zero attached hydrogens (tertiary/aromatic N) is 2. The molecule has 0 spiro atoms. The van der Waals surface area contributed by atoms with E-state index in [1.165, 1.54) is 4.80 Å². The Morgan fingerprint density at radius 1 is 1.17 bits per heavy atom. The van der Waals surface area contributed by atoms with Crippen LogP contribution in [0.25, 0.3) is 0 Å². The third-order valence-electron chi connectivity index (χ3n) is 5.41. The Balaban J connectivity index is 1.32. The molecule has 2 fully saturated rings. The Hall–Kier alpha value is -2.42. The standard InChI is InChI=1S/C20H24BN3O4S/c21-17-9-8-16(29-17)19(26)22-11-15-12-24(20(27)28-15)14-6-4-13(5-7-14)23-10-2-1-3-18(23)25/h4-7,9,15-16H,1-3,8,10-12,21H2,(H,22,26)/t15-,16?/m0/s1. The Bertz CT molecular complexity index is 845. The first-order chi connectivity index (χ1) is 14.0. The summed E-state index contributed by atoms with van der Waals surface area (Å²) < 4.78 is 5.41. The van der Waals surface area contributed by atoms with Crippen LogP contribution in [0.5, 0.6) is 0 Å². The highest BCUT2D eigenvalue weighted by atomic mass is 32.2. The number of anilines is 2. The molecule has 2 saturated heterocycles. The second-order valence-electron chi connectivity index (χ2n) is 7.54.